The maximum absolute atomic E-state index is 12.8. The lowest BCUT2D eigenvalue weighted by Crippen LogP contribution is -2.47. The van der Waals surface area contributed by atoms with Crippen molar-refractivity contribution in [3.63, 3.8) is 0 Å². The van der Waals surface area contributed by atoms with Crippen LogP contribution in [0.4, 0.5) is 5.69 Å². The number of hydrogen-bond acceptors (Lipinski definition) is 5. The lowest BCUT2D eigenvalue weighted by Gasteiger charge is -2.36. The van der Waals surface area contributed by atoms with Crippen molar-refractivity contribution in [1.82, 2.24) is 9.80 Å². The maximum atomic E-state index is 12.8. The largest absolute Gasteiger partial charge is 0.495 e. The summed E-state index contributed by atoms with van der Waals surface area (Å²) < 4.78 is 33.1. The van der Waals surface area contributed by atoms with Crippen molar-refractivity contribution in [2.75, 3.05) is 39.0 Å². The summed E-state index contributed by atoms with van der Waals surface area (Å²) in [6, 6.07) is 13.2. The van der Waals surface area contributed by atoms with Crippen molar-refractivity contribution in [2.45, 2.75) is 23.8 Å². The van der Waals surface area contributed by atoms with Gasteiger partial charge in [0.25, 0.3) is 15.9 Å². The van der Waals surface area contributed by atoms with E-state index >= 15 is 0 Å². The molecule has 7 nitrogen and oxygen atoms in total. The number of ether oxygens (including phenoxy) is 1. The molecule has 8 heteroatoms. The first-order chi connectivity index (χ1) is 13.8. The predicted octanol–water partition coefficient (Wildman–Crippen LogP) is 2.66. The van der Waals surface area contributed by atoms with E-state index < -0.39 is 10.0 Å². The summed E-state index contributed by atoms with van der Waals surface area (Å²) >= 11 is 0. The van der Waals surface area contributed by atoms with E-state index in [4.69, 9.17) is 4.74 Å². The summed E-state index contributed by atoms with van der Waals surface area (Å²) in [5.41, 5.74) is 0.846. The van der Waals surface area contributed by atoms with Crippen molar-refractivity contribution in [2.24, 2.45) is 0 Å². The van der Waals surface area contributed by atoms with Gasteiger partial charge >= 0.3 is 0 Å². The molecule has 29 heavy (non-hydrogen) atoms. The molecule has 0 radical (unpaired) electrons. The Morgan fingerprint density at radius 1 is 1.14 bits per heavy atom. The Labute approximate surface area is 172 Å². The molecule has 0 aliphatic carbocycles. The fourth-order valence-corrected chi connectivity index (χ4v) is 4.52. The Bertz CT molecular complexity index is 958. The van der Waals surface area contributed by atoms with E-state index in [1.807, 2.05) is 19.0 Å². The van der Waals surface area contributed by atoms with Crippen LogP contribution in [0.2, 0.25) is 0 Å². The number of likely N-dealkylation sites (N-methyl/N-ethyl adjacent to an activating group) is 1. The molecule has 3 rings (SSSR count). The molecule has 1 aliphatic rings. The third kappa shape index (κ3) is 4.89. The molecule has 1 atom stereocenters. The van der Waals surface area contributed by atoms with Crippen LogP contribution in [0.5, 0.6) is 5.75 Å². The Balaban J connectivity index is 1.74. The van der Waals surface area contributed by atoms with E-state index in [2.05, 4.69) is 9.62 Å². The number of carbonyl (C=O) groups is 1. The molecule has 0 spiro atoms. The number of anilines is 1. The summed E-state index contributed by atoms with van der Waals surface area (Å²) in [6.45, 7) is 1.40. The molecule has 2 aromatic carbocycles. The average molecular weight is 418 g/mol. The van der Waals surface area contributed by atoms with Crippen molar-refractivity contribution in [1.29, 1.82) is 0 Å². The fourth-order valence-electron chi connectivity index (χ4n) is 3.45. The van der Waals surface area contributed by atoms with E-state index in [-0.39, 0.29) is 10.8 Å². The molecule has 1 saturated heterocycles. The Hall–Kier alpha value is -2.58. The molecule has 0 aromatic heterocycles. The molecule has 0 bridgehead atoms. The maximum Gasteiger partial charge on any atom is 0.262 e. The number of hydrogen-bond donors (Lipinski definition) is 1. The number of likely N-dealkylation sites (tertiary alicyclic amines) is 1. The zero-order chi connectivity index (χ0) is 21.0. The molecule has 1 heterocycles. The van der Waals surface area contributed by atoms with Crippen LogP contribution in [0.1, 0.15) is 23.2 Å². The Morgan fingerprint density at radius 2 is 1.83 bits per heavy atom. The lowest BCUT2D eigenvalue weighted by molar-refractivity contribution is 0.0635. The highest BCUT2D eigenvalue weighted by molar-refractivity contribution is 7.92. The zero-order valence-electron chi connectivity index (χ0n) is 17.0. The van der Waals surface area contributed by atoms with Gasteiger partial charge in [-0.2, -0.15) is 0 Å². The van der Waals surface area contributed by atoms with Gasteiger partial charge in [-0.3, -0.25) is 9.52 Å². The van der Waals surface area contributed by atoms with Gasteiger partial charge in [-0.25, -0.2) is 8.42 Å². The van der Waals surface area contributed by atoms with E-state index in [1.165, 1.54) is 19.2 Å². The van der Waals surface area contributed by atoms with Gasteiger partial charge in [0.05, 0.1) is 17.7 Å². The zero-order valence-corrected chi connectivity index (χ0v) is 17.8. The molecule has 1 aliphatic heterocycles. The number of benzene rings is 2. The summed E-state index contributed by atoms with van der Waals surface area (Å²) in [7, 11) is 1.73. The molecular weight excluding hydrogens is 390 g/mol. The first-order valence-electron chi connectivity index (χ1n) is 9.53. The minimum atomic E-state index is -3.79. The number of amides is 1. The van der Waals surface area contributed by atoms with Crippen molar-refractivity contribution >= 4 is 21.6 Å². The molecule has 1 N–H and O–H groups in total. The van der Waals surface area contributed by atoms with Gasteiger partial charge in [0, 0.05) is 24.7 Å². The number of piperidine rings is 1. The first kappa shape index (κ1) is 21.1. The minimum Gasteiger partial charge on any atom is -0.495 e. The van der Waals surface area contributed by atoms with Gasteiger partial charge in [-0.15, -0.1) is 0 Å². The van der Waals surface area contributed by atoms with Crippen LogP contribution in [0.25, 0.3) is 0 Å². The smallest absolute Gasteiger partial charge is 0.262 e. The second-order valence-corrected chi connectivity index (χ2v) is 9.02. The third-order valence-electron chi connectivity index (χ3n) is 5.18. The van der Waals surface area contributed by atoms with Gasteiger partial charge in [0.15, 0.2) is 0 Å². The van der Waals surface area contributed by atoms with Crippen LogP contribution in [-0.2, 0) is 10.0 Å². The van der Waals surface area contributed by atoms with Crippen LogP contribution in [0.15, 0.2) is 53.4 Å². The minimum absolute atomic E-state index is 0.0711. The molecule has 2 aromatic rings. The quantitative estimate of drug-likeness (QED) is 0.782. The number of methoxy groups -OCH3 is 1. The average Bonchev–Trinajstić information content (AvgIpc) is 2.73. The van der Waals surface area contributed by atoms with E-state index in [0.717, 1.165) is 19.4 Å². The summed E-state index contributed by atoms with van der Waals surface area (Å²) in [4.78, 5) is 16.9. The van der Waals surface area contributed by atoms with Gasteiger partial charge in [0.2, 0.25) is 0 Å². The topological polar surface area (TPSA) is 78.9 Å². The highest BCUT2D eigenvalue weighted by atomic mass is 32.2. The number of sulfonamides is 1. The molecule has 156 valence electrons. The van der Waals surface area contributed by atoms with Crippen molar-refractivity contribution < 1.29 is 17.9 Å². The van der Waals surface area contributed by atoms with Crippen LogP contribution in [0, 0.1) is 0 Å². The molecule has 1 amide bonds. The number of nitrogens with one attached hydrogen (secondary N) is 1. The monoisotopic (exact) mass is 417 g/mol. The lowest BCUT2D eigenvalue weighted by atomic mass is 10.0. The number of nitrogens with zero attached hydrogens (tertiary/aromatic N) is 2. The highest BCUT2D eigenvalue weighted by Gasteiger charge is 2.26. The van der Waals surface area contributed by atoms with Gasteiger partial charge in [-0.1, -0.05) is 12.1 Å². The van der Waals surface area contributed by atoms with Crippen LogP contribution < -0.4 is 9.46 Å². The summed E-state index contributed by atoms with van der Waals surface area (Å²) in [5, 5.41) is 0. The first-order valence-corrected chi connectivity index (χ1v) is 11.0. The number of para-hydroxylation sites is 2. The highest BCUT2D eigenvalue weighted by Crippen LogP contribution is 2.26. The Kier molecular flexibility index (Phi) is 6.44. The van der Waals surface area contributed by atoms with Crippen LogP contribution in [0.3, 0.4) is 0 Å². The molecule has 0 saturated carbocycles. The fraction of sp³-hybridized carbons (Fsp3) is 0.381. The van der Waals surface area contributed by atoms with Crippen LogP contribution in [-0.4, -0.2) is 64.5 Å². The molecule has 1 fully saturated rings. The van der Waals surface area contributed by atoms with Crippen LogP contribution >= 0.6 is 0 Å². The van der Waals surface area contributed by atoms with Gasteiger partial charge < -0.3 is 14.5 Å². The molecular formula is C21H27N3O4S. The predicted molar refractivity (Wildman–Crippen MR) is 113 cm³/mol. The van der Waals surface area contributed by atoms with E-state index in [1.54, 1.807) is 36.4 Å². The van der Waals surface area contributed by atoms with E-state index in [9.17, 15) is 13.2 Å². The SMILES string of the molecule is COc1ccccc1NS(=O)(=O)c1ccc(C(=O)N2CCCC(N(C)C)C2)cc1. The van der Waals surface area contributed by atoms with Gasteiger partial charge in [0.1, 0.15) is 5.75 Å². The summed E-state index contributed by atoms with van der Waals surface area (Å²) in [5.74, 6) is 0.363. The number of rotatable bonds is 6. The third-order valence-corrected chi connectivity index (χ3v) is 6.56. The Morgan fingerprint density at radius 3 is 2.48 bits per heavy atom. The van der Waals surface area contributed by atoms with E-state index in [0.29, 0.717) is 29.6 Å². The standard InChI is InChI=1S/C21H27N3O4S/c1-23(2)17-7-6-14-24(15-17)21(25)16-10-12-18(13-11-16)29(26,27)22-19-8-4-5-9-20(19)28-3/h4-5,8-13,17,22H,6-7,14-15H2,1-3H3. The van der Waals surface area contributed by atoms with Crippen molar-refractivity contribution in [3.8, 4) is 5.75 Å². The second kappa shape index (κ2) is 8.84. The van der Waals surface area contributed by atoms with Gasteiger partial charge in [-0.05, 0) is 63.3 Å². The van der Waals surface area contributed by atoms with Crippen molar-refractivity contribution in [3.05, 3.63) is 54.1 Å². The number of carbonyl (C=O) groups excluding carboxylic acids is 1. The second-order valence-electron chi connectivity index (χ2n) is 7.34. The molecule has 1 unspecified atom stereocenters. The normalized spacial score (nSPS) is 17.2. The summed E-state index contributed by atoms with van der Waals surface area (Å²) in [6.07, 6.45) is 2.03.